The van der Waals surface area contributed by atoms with Gasteiger partial charge in [-0.25, -0.2) is 0 Å². The summed E-state index contributed by atoms with van der Waals surface area (Å²) >= 11 is 12.2. The van der Waals surface area contributed by atoms with Gasteiger partial charge >= 0.3 is 0 Å². The number of nitrogens with zero attached hydrogens (tertiary/aromatic N) is 5. The van der Waals surface area contributed by atoms with E-state index in [0.717, 1.165) is 5.69 Å². The minimum absolute atomic E-state index is 0.195. The fraction of sp³-hybridized carbons (Fsp3) is 0.462. The lowest BCUT2D eigenvalue weighted by Gasteiger charge is -2.18. The number of hydrogen-bond donors (Lipinski definition) is 0. The molecule has 0 aliphatic carbocycles. The summed E-state index contributed by atoms with van der Waals surface area (Å²) in [7, 11) is 1.70. The van der Waals surface area contributed by atoms with E-state index in [-0.39, 0.29) is 5.91 Å². The van der Waals surface area contributed by atoms with Gasteiger partial charge in [-0.2, -0.15) is 10.2 Å². The molecule has 0 aromatic carbocycles. The van der Waals surface area contributed by atoms with Crippen LogP contribution in [0.2, 0.25) is 10.0 Å². The second-order valence-electron chi connectivity index (χ2n) is 4.57. The normalized spacial score (nSPS) is 10.9. The van der Waals surface area contributed by atoms with Gasteiger partial charge in [0.05, 0.1) is 34.7 Å². The third kappa shape index (κ3) is 3.06. The van der Waals surface area contributed by atoms with E-state index in [1.165, 1.54) is 6.20 Å². The monoisotopic (exact) mass is 329 g/mol. The molecule has 8 heteroatoms. The lowest BCUT2D eigenvalue weighted by molar-refractivity contribution is 0.0769. The fourth-order valence-corrected chi connectivity index (χ4v) is 2.53. The molecule has 0 fully saturated rings. The Labute approximate surface area is 133 Å². The number of carbonyl (C=O) groups excluding carboxylic acids is 1. The van der Waals surface area contributed by atoms with Crippen molar-refractivity contribution in [2.24, 2.45) is 0 Å². The van der Waals surface area contributed by atoms with Gasteiger partial charge in [0.25, 0.3) is 5.91 Å². The quantitative estimate of drug-likeness (QED) is 0.847. The van der Waals surface area contributed by atoms with Gasteiger partial charge in [-0.3, -0.25) is 14.2 Å². The van der Waals surface area contributed by atoms with Gasteiger partial charge in [0.15, 0.2) is 0 Å². The van der Waals surface area contributed by atoms with Crippen LogP contribution >= 0.6 is 23.2 Å². The summed E-state index contributed by atoms with van der Waals surface area (Å²) < 4.78 is 3.35. The molecular formula is C13H17Cl2N5O. The summed E-state index contributed by atoms with van der Waals surface area (Å²) in [4.78, 5) is 14.1. The van der Waals surface area contributed by atoms with Crippen LogP contribution in [0.25, 0.3) is 0 Å². The van der Waals surface area contributed by atoms with Gasteiger partial charge in [-0.05, 0) is 13.8 Å². The summed E-state index contributed by atoms with van der Waals surface area (Å²) in [5.74, 6) is -0.195. The van der Waals surface area contributed by atoms with Crippen LogP contribution in [0.15, 0.2) is 12.4 Å². The van der Waals surface area contributed by atoms with Crippen LogP contribution in [0, 0.1) is 0 Å². The van der Waals surface area contributed by atoms with E-state index in [4.69, 9.17) is 23.2 Å². The molecule has 2 aromatic heterocycles. The van der Waals surface area contributed by atoms with Crippen molar-refractivity contribution < 1.29 is 4.79 Å². The average molecular weight is 330 g/mol. The van der Waals surface area contributed by atoms with Gasteiger partial charge in [0.2, 0.25) is 0 Å². The van der Waals surface area contributed by atoms with Crippen molar-refractivity contribution in [2.75, 3.05) is 7.05 Å². The molecule has 0 atom stereocenters. The molecule has 0 saturated carbocycles. The van der Waals surface area contributed by atoms with Crippen molar-refractivity contribution in [3.05, 3.63) is 33.8 Å². The van der Waals surface area contributed by atoms with Crippen molar-refractivity contribution in [3.63, 3.8) is 0 Å². The van der Waals surface area contributed by atoms with Crippen molar-refractivity contribution in [1.82, 2.24) is 24.5 Å². The highest BCUT2D eigenvalue weighted by atomic mass is 35.5. The largest absolute Gasteiger partial charge is 0.334 e. The fourth-order valence-electron chi connectivity index (χ4n) is 2.11. The first-order valence-electron chi connectivity index (χ1n) is 6.66. The maximum atomic E-state index is 12.6. The SMILES string of the molecule is CCn1ncc(Cl)c1CN(C)C(=O)c1c(Cl)cnn1CC. The number of rotatable bonds is 5. The summed E-state index contributed by atoms with van der Waals surface area (Å²) in [6.45, 7) is 5.50. The van der Waals surface area contributed by atoms with Crippen LogP contribution < -0.4 is 0 Å². The maximum absolute atomic E-state index is 12.6. The third-order valence-corrected chi connectivity index (χ3v) is 3.82. The van der Waals surface area contributed by atoms with E-state index < -0.39 is 0 Å². The van der Waals surface area contributed by atoms with E-state index in [1.807, 2.05) is 13.8 Å². The van der Waals surface area contributed by atoms with Crippen molar-refractivity contribution in [3.8, 4) is 0 Å². The zero-order valence-corrected chi connectivity index (χ0v) is 13.7. The van der Waals surface area contributed by atoms with Crippen LogP contribution in [-0.2, 0) is 19.6 Å². The zero-order valence-electron chi connectivity index (χ0n) is 12.2. The number of aromatic nitrogens is 4. The summed E-state index contributed by atoms with van der Waals surface area (Å²) in [6, 6.07) is 0. The summed E-state index contributed by atoms with van der Waals surface area (Å²) in [5, 5.41) is 9.14. The highest BCUT2D eigenvalue weighted by Crippen LogP contribution is 2.20. The molecule has 0 saturated heterocycles. The molecule has 0 N–H and O–H groups in total. The molecule has 0 unspecified atom stereocenters. The highest BCUT2D eigenvalue weighted by Gasteiger charge is 2.22. The number of aryl methyl sites for hydroxylation is 2. The number of halogens is 2. The van der Waals surface area contributed by atoms with Crippen LogP contribution in [-0.4, -0.2) is 37.4 Å². The Bertz CT molecular complexity index is 649. The van der Waals surface area contributed by atoms with Crippen LogP contribution in [0.5, 0.6) is 0 Å². The number of amides is 1. The Hall–Kier alpha value is -1.53. The first kappa shape index (κ1) is 15.9. The van der Waals surface area contributed by atoms with Crippen LogP contribution in [0.1, 0.15) is 30.0 Å². The predicted molar refractivity (Wildman–Crippen MR) is 81.6 cm³/mol. The molecule has 114 valence electrons. The Morgan fingerprint density at radius 2 is 1.71 bits per heavy atom. The summed E-state index contributed by atoms with van der Waals surface area (Å²) in [6.07, 6.45) is 3.07. The second kappa shape index (κ2) is 6.49. The molecule has 2 heterocycles. The minimum atomic E-state index is -0.195. The van der Waals surface area contributed by atoms with Gasteiger partial charge in [-0.15, -0.1) is 0 Å². The lowest BCUT2D eigenvalue weighted by atomic mass is 10.3. The van der Waals surface area contributed by atoms with E-state index in [2.05, 4.69) is 10.2 Å². The Morgan fingerprint density at radius 1 is 1.14 bits per heavy atom. The van der Waals surface area contributed by atoms with Gasteiger partial charge < -0.3 is 4.90 Å². The zero-order chi connectivity index (χ0) is 15.6. The summed E-state index contributed by atoms with van der Waals surface area (Å²) in [5.41, 5.74) is 1.19. The third-order valence-electron chi connectivity index (χ3n) is 3.23. The van der Waals surface area contributed by atoms with E-state index >= 15 is 0 Å². The van der Waals surface area contributed by atoms with Crippen LogP contribution in [0.4, 0.5) is 0 Å². The average Bonchev–Trinajstić information content (AvgIpc) is 3.01. The molecule has 0 bridgehead atoms. The Kier molecular flexibility index (Phi) is 4.90. The molecule has 21 heavy (non-hydrogen) atoms. The Morgan fingerprint density at radius 3 is 2.33 bits per heavy atom. The molecule has 2 aromatic rings. The van der Waals surface area contributed by atoms with Crippen LogP contribution in [0.3, 0.4) is 0 Å². The molecule has 2 rings (SSSR count). The molecule has 6 nitrogen and oxygen atoms in total. The first-order valence-corrected chi connectivity index (χ1v) is 7.42. The Balaban J connectivity index is 2.23. The van der Waals surface area contributed by atoms with Crippen molar-refractivity contribution in [2.45, 2.75) is 33.5 Å². The molecular weight excluding hydrogens is 313 g/mol. The number of hydrogen-bond acceptors (Lipinski definition) is 3. The first-order chi connectivity index (χ1) is 9.99. The van der Waals surface area contributed by atoms with Crippen molar-refractivity contribution >= 4 is 29.1 Å². The highest BCUT2D eigenvalue weighted by molar-refractivity contribution is 6.33. The van der Waals surface area contributed by atoms with E-state index in [9.17, 15) is 4.79 Å². The van der Waals surface area contributed by atoms with Gasteiger partial charge in [0.1, 0.15) is 5.69 Å². The molecule has 0 radical (unpaired) electrons. The van der Waals surface area contributed by atoms with Crippen molar-refractivity contribution in [1.29, 1.82) is 0 Å². The topological polar surface area (TPSA) is 56.0 Å². The predicted octanol–water partition coefficient (Wildman–Crippen LogP) is 2.70. The standard InChI is InChI=1S/C13H17Cl2N5O/c1-4-19-11(9(14)6-16-19)8-18(3)13(21)12-10(15)7-17-20(12)5-2/h6-7H,4-5,8H2,1-3H3. The van der Waals surface area contributed by atoms with Gasteiger partial charge in [-0.1, -0.05) is 23.2 Å². The molecule has 0 aliphatic heterocycles. The van der Waals surface area contributed by atoms with Gasteiger partial charge in [0, 0.05) is 20.1 Å². The number of carbonyl (C=O) groups is 1. The molecule has 0 aliphatic rings. The second-order valence-corrected chi connectivity index (χ2v) is 5.39. The van der Waals surface area contributed by atoms with E-state index in [1.54, 1.807) is 27.5 Å². The lowest BCUT2D eigenvalue weighted by Crippen LogP contribution is -2.29. The maximum Gasteiger partial charge on any atom is 0.273 e. The minimum Gasteiger partial charge on any atom is -0.334 e. The molecule has 0 spiro atoms. The smallest absolute Gasteiger partial charge is 0.273 e. The van der Waals surface area contributed by atoms with E-state index in [0.29, 0.717) is 35.4 Å². The molecule has 1 amide bonds.